The van der Waals surface area contributed by atoms with Crippen LogP contribution in [0.4, 0.5) is 9.59 Å². The van der Waals surface area contributed by atoms with Gasteiger partial charge in [0.15, 0.2) is 0 Å². The number of ether oxygens (including phenoxy) is 2. The summed E-state index contributed by atoms with van der Waals surface area (Å²) in [6, 6.07) is 0. The van der Waals surface area contributed by atoms with Gasteiger partial charge in [0, 0.05) is 38.6 Å². The molecule has 148 valence electrons. The second-order valence-electron chi connectivity index (χ2n) is 5.38. The second kappa shape index (κ2) is 12.2. The molecule has 0 unspecified atom stereocenters. The van der Waals surface area contributed by atoms with Crippen LogP contribution in [0.1, 0.15) is 16.7 Å². The fourth-order valence-electron chi connectivity index (χ4n) is 2.06. The summed E-state index contributed by atoms with van der Waals surface area (Å²) in [6.45, 7) is 5.51. The van der Waals surface area contributed by atoms with E-state index in [0.717, 1.165) is 16.3 Å². The minimum absolute atomic E-state index is 0.224. The fraction of sp³-hybridized carbons (Fsp3) is 0.500. The lowest BCUT2D eigenvalue weighted by Gasteiger charge is -2.20. The lowest BCUT2D eigenvalue weighted by atomic mass is 10.4. The zero-order valence-electron chi connectivity index (χ0n) is 15.1. The minimum Gasteiger partial charge on any atom is -0.444 e. The number of rotatable bonds is 11. The number of nitrogens with one attached hydrogen (secondary N) is 2. The highest BCUT2D eigenvalue weighted by molar-refractivity contribution is 7.09. The number of hydrogen-bond donors (Lipinski definition) is 2. The Hall–Kier alpha value is -2.24. The predicted molar refractivity (Wildman–Crippen MR) is 103 cm³/mol. The Balaban J connectivity index is 1.51. The van der Waals surface area contributed by atoms with Crippen LogP contribution in [0, 0.1) is 0 Å². The van der Waals surface area contributed by atoms with E-state index in [1.54, 1.807) is 23.4 Å². The zero-order chi connectivity index (χ0) is 19.3. The molecule has 2 aromatic rings. The van der Waals surface area contributed by atoms with E-state index in [-0.39, 0.29) is 13.2 Å². The molecule has 2 aromatic heterocycles. The Kier molecular flexibility index (Phi) is 9.52. The third-order valence-electron chi connectivity index (χ3n) is 3.50. The van der Waals surface area contributed by atoms with Crippen molar-refractivity contribution in [2.75, 3.05) is 32.7 Å². The third kappa shape index (κ3) is 8.80. The summed E-state index contributed by atoms with van der Waals surface area (Å²) < 4.78 is 10.2. The van der Waals surface area contributed by atoms with Gasteiger partial charge in [-0.05, 0) is 6.54 Å². The first-order valence-corrected chi connectivity index (χ1v) is 10.2. The van der Waals surface area contributed by atoms with Crippen LogP contribution in [0.5, 0.6) is 0 Å². The van der Waals surface area contributed by atoms with Crippen molar-refractivity contribution < 1.29 is 19.1 Å². The Morgan fingerprint density at radius 1 is 0.963 bits per heavy atom. The molecule has 9 nitrogen and oxygen atoms in total. The lowest BCUT2D eigenvalue weighted by Crippen LogP contribution is -2.39. The first-order chi connectivity index (χ1) is 13.2. The molecule has 0 aliphatic heterocycles. The average Bonchev–Trinajstić information content (AvgIpc) is 3.37. The van der Waals surface area contributed by atoms with Crippen molar-refractivity contribution in [2.45, 2.75) is 20.1 Å². The summed E-state index contributed by atoms with van der Waals surface area (Å²) in [5.41, 5.74) is 3.39. The van der Waals surface area contributed by atoms with Crippen LogP contribution in [-0.2, 0) is 22.7 Å². The molecule has 11 heteroatoms. The predicted octanol–water partition coefficient (Wildman–Crippen LogP) is 2.07. The number of nitrogens with zero attached hydrogens (tertiary/aromatic N) is 3. The van der Waals surface area contributed by atoms with Gasteiger partial charge in [-0.1, -0.05) is 6.92 Å². The van der Waals surface area contributed by atoms with Gasteiger partial charge < -0.3 is 25.0 Å². The summed E-state index contributed by atoms with van der Waals surface area (Å²) in [7, 11) is 0. The molecule has 0 aliphatic rings. The highest BCUT2D eigenvalue weighted by atomic mass is 32.1. The number of hydrogen-bond acceptors (Lipinski definition) is 9. The molecular weight excluding hydrogens is 390 g/mol. The van der Waals surface area contributed by atoms with Gasteiger partial charge in [-0.2, -0.15) is 0 Å². The monoisotopic (exact) mass is 413 g/mol. The topological polar surface area (TPSA) is 106 Å². The molecule has 0 saturated carbocycles. The Labute approximate surface area is 165 Å². The highest BCUT2D eigenvalue weighted by Gasteiger charge is 2.08. The third-order valence-corrected chi connectivity index (χ3v) is 5.01. The normalized spacial score (nSPS) is 10.6. The molecule has 0 fully saturated rings. The number of thiazole rings is 2. The van der Waals surface area contributed by atoms with E-state index >= 15 is 0 Å². The van der Waals surface area contributed by atoms with Gasteiger partial charge >= 0.3 is 12.2 Å². The van der Waals surface area contributed by atoms with Gasteiger partial charge in [-0.15, -0.1) is 22.7 Å². The molecule has 0 aliphatic carbocycles. The molecule has 2 amide bonds. The van der Waals surface area contributed by atoms with Crippen molar-refractivity contribution in [1.82, 2.24) is 25.5 Å². The maximum absolute atomic E-state index is 11.6. The van der Waals surface area contributed by atoms with E-state index in [2.05, 4.69) is 25.5 Å². The summed E-state index contributed by atoms with van der Waals surface area (Å²) in [6.07, 6.45) is 2.44. The standard InChI is InChI=1S/C16H23N5O4S2/c1-2-21(5-3-19-15(22)24-9-13-7-17-11-26-13)6-4-20-16(23)25-10-14-8-18-12-27-14/h7-8,11-12H,2-6,9-10H2,1H3,(H,19,22)(H,20,23). The van der Waals surface area contributed by atoms with Crippen molar-refractivity contribution in [3.8, 4) is 0 Å². The number of aromatic nitrogens is 2. The van der Waals surface area contributed by atoms with Crippen molar-refractivity contribution in [3.05, 3.63) is 33.2 Å². The molecule has 27 heavy (non-hydrogen) atoms. The fourth-order valence-corrected chi connectivity index (χ4v) is 3.07. The molecule has 0 radical (unpaired) electrons. The maximum atomic E-state index is 11.6. The molecule has 0 aromatic carbocycles. The van der Waals surface area contributed by atoms with Gasteiger partial charge in [0.25, 0.3) is 0 Å². The molecule has 0 atom stereocenters. The smallest absolute Gasteiger partial charge is 0.407 e. The summed E-state index contributed by atoms with van der Waals surface area (Å²) in [5, 5.41) is 5.42. The molecule has 0 spiro atoms. The van der Waals surface area contributed by atoms with Crippen molar-refractivity contribution in [1.29, 1.82) is 0 Å². The highest BCUT2D eigenvalue weighted by Crippen LogP contribution is 2.07. The van der Waals surface area contributed by atoms with Crippen LogP contribution in [0.15, 0.2) is 23.4 Å². The first-order valence-electron chi connectivity index (χ1n) is 8.45. The van der Waals surface area contributed by atoms with Crippen LogP contribution in [0.3, 0.4) is 0 Å². The molecule has 2 heterocycles. The van der Waals surface area contributed by atoms with E-state index < -0.39 is 12.2 Å². The van der Waals surface area contributed by atoms with E-state index in [9.17, 15) is 9.59 Å². The largest absolute Gasteiger partial charge is 0.444 e. The van der Waals surface area contributed by atoms with E-state index in [1.165, 1.54) is 22.7 Å². The van der Waals surface area contributed by atoms with Gasteiger partial charge in [-0.3, -0.25) is 9.97 Å². The average molecular weight is 414 g/mol. The Morgan fingerprint density at radius 2 is 1.44 bits per heavy atom. The van der Waals surface area contributed by atoms with Crippen molar-refractivity contribution >= 4 is 34.9 Å². The summed E-state index contributed by atoms with van der Waals surface area (Å²) in [5.74, 6) is 0. The Bertz CT molecular complexity index is 610. The quantitative estimate of drug-likeness (QED) is 0.581. The van der Waals surface area contributed by atoms with Crippen LogP contribution < -0.4 is 10.6 Å². The number of likely N-dealkylation sites (N-methyl/N-ethyl adjacent to an activating group) is 1. The van der Waals surface area contributed by atoms with E-state index in [1.807, 2.05) is 6.92 Å². The van der Waals surface area contributed by atoms with Crippen molar-refractivity contribution in [3.63, 3.8) is 0 Å². The zero-order valence-corrected chi connectivity index (χ0v) is 16.7. The first kappa shape index (κ1) is 21.1. The summed E-state index contributed by atoms with van der Waals surface area (Å²) in [4.78, 5) is 35.0. The molecule has 0 bridgehead atoms. The van der Waals surface area contributed by atoms with E-state index in [0.29, 0.717) is 26.2 Å². The number of carbonyl (C=O) groups is 2. The lowest BCUT2D eigenvalue weighted by molar-refractivity contribution is 0.137. The van der Waals surface area contributed by atoms with Gasteiger partial charge in [0.1, 0.15) is 13.2 Å². The van der Waals surface area contributed by atoms with Gasteiger partial charge in [0.05, 0.1) is 20.8 Å². The molecule has 2 N–H and O–H groups in total. The molecule has 0 saturated heterocycles. The van der Waals surface area contributed by atoms with Crippen molar-refractivity contribution in [2.24, 2.45) is 0 Å². The minimum atomic E-state index is -0.454. The number of carbonyl (C=O) groups excluding carboxylic acids is 2. The molecular formula is C16H23N5O4S2. The Morgan fingerprint density at radius 3 is 1.81 bits per heavy atom. The van der Waals surface area contributed by atoms with Crippen LogP contribution in [-0.4, -0.2) is 59.8 Å². The van der Waals surface area contributed by atoms with Crippen LogP contribution in [0.25, 0.3) is 0 Å². The number of alkyl carbamates (subject to hydrolysis) is 2. The summed E-state index contributed by atoms with van der Waals surface area (Å²) >= 11 is 2.88. The molecule has 2 rings (SSSR count). The maximum Gasteiger partial charge on any atom is 0.407 e. The van der Waals surface area contributed by atoms with Crippen LogP contribution >= 0.6 is 22.7 Å². The van der Waals surface area contributed by atoms with Crippen LogP contribution in [0.2, 0.25) is 0 Å². The SMILES string of the molecule is CCN(CCNC(=O)OCc1cncs1)CCNC(=O)OCc1cncs1. The van der Waals surface area contributed by atoms with Gasteiger partial charge in [-0.25, -0.2) is 9.59 Å². The van der Waals surface area contributed by atoms with Gasteiger partial charge in [0.2, 0.25) is 0 Å². The van der Waals surface area contributed by atoms with E-state index in [4.69, 9.17) is 9.47 Å². The number of amides is 2. The second-order valence-corrected chi connectivity index (χ2v) is 7.32.